The van der Waals surface area contributed by atoms with Crippen LogP contribution in [0.3, 0.4) is 0 Å². The number of hydrogen-bond donors (Lipinski definition) is 1. The van der Waals surface area contributed by atoms with Gasteiger partial charge in [0.15, 0.2) is 11.3 Å². The summed E-state index contributed by atoms with van der Waals surface area (Å²) in [6.07, 6.45) is -0.940. The van der Waals surface area contributed by atoms with Gasteiger partial charge in [-0.3, -0.25) is 9.59 Å². The molecular weight excluding hydrogens is 362 g/mol. The quantitative estimate of drug-likeness (QED) is 0.470. The van der Waals surface area contributed by atoms with Crippen LogP contribution >= 0.6 is 23.4 Å². The first-order chi connectivity index (χ1) is 11.8. The summed E-state index contributed by atoms with van der Waals surface area (Å²) < 4.78 is 5.14. The van der Waals surface area contributed by atoms with Gasteiger partial charge in [-0.05, 0) is 39.0 Å². The molecule has 0 bridgehead atoms. The minimum Gasteiger partial charge on any atom is -0.452 e. The summed E-state index contributed by atoms with van der Waals surface area (Å²) in [5, 5.41) is 3.54. The molecule has 1 aromatic heterocycles. The lowest BCUT2D eigenvalue weighted by atomic mass is 10.3. The van der Waals surface area contributed by atoms with E-state index in [0.717, 1.165) is 11.4 Å². The Bertz CT molecular complexity index is 765. The standard InChI is InChI=1S/C17H18ClN3O3S/c1-10-8-11(2)20-17(19-10)25-9-15(22)24-12(3)16(23)21-14-7-5-4-6-13(14)18/h4-8,12H,9H2,1-3H3,(H,21,23)/t12-/m0/s1. The van der Waals surface area contributed by atoms with Gasteiger partial charge in [-0.15, -0.1) is 0 Å². The predicted molar refractivity (Wildman–Crippen MR) is 97.9 cm³/mol. The van der Waals surface area contributed by atoms with Gasteiger partial charge in [-0.1, -0.05) is 35.5 Å². The fraction of sp³-hybridized carbons (Fsp3) is 0.294. The van der Waals surface area contributed by atoms with E-state index in [4.69, 9.17) is 16.3 Å². The van der Waals surface area contributed by atoms with E-state index < -0.39 is 18.0 Å². The average Bonchev–Trinajstić information content (AvgIpc) is 2.54. The van der Waals surface area contributed by atoms with Crippen LogP contribution < -0.4 is 5.32 Å². The van der Waals surface area contributed by atoms with Gasteiger partial charge in [0.25, 0.3) is 5.91 Å². The Morgan fingerprint density at radius 1 is 1.24 bits per heavy atom. The lowest BCUT2D eigenvalue weighted by Crippen LogP contribution is -2.30. The smallest absolute Gasteiger partial charge is 0.317 e. The zero-order chi connectivity index (χ0) is 18.4. The largest absolute Gasteiger partial charge is 0.452 e. The molecule has 0 radical (unpaired) electrons. The molecule has 25 heavy (non-hydrogen) atoms. The van der Waals surface area contributed by atoms with Crippen LogP contribution in [0, 0.1) is 13.8 Å². The molecule has 0 saturated carbocycles. The fourth-order valence-electron chi connectivity index (χ4n) is 1.96. The number of halogens is 1. The van der Waals surface area contributed by atoms with Gasteiger partial charge in [0.1, 0.15) is 0 Å². The monoisotopic (exact) mass is 379 g/mol. The summed E-state index contributed by atoms with van der Waals surface area (Å²) in [5.74, 6) is -0.948. The van der Waals surface area contributed by atoms with Gasteiger partial charge in [0.2, 0.25) is 0 Å². The molecule has 0 spiro atoms. The van der Waals surface area contributed by atoms with Crippen molar-refractivity contribution in [2.75, 3.05) is 11.1 Å². The van der Waals surface area contributed by atoms with Crippen molar-refractivity contribution in [2.24, 2.45) is 0 Å². The Hall–Kier alpha value is -2.12. The molecule has 0 unspecified atom stereocenters. The molecule has 1 atom stereocenters. The van der Waals surface area contributed by atoms with Crippen molar-refractivity contribution in [3.8, 4) is 0 Å². The lowest BCUT2D eigenvalue weighted by Gasteiger charge is -2.14. The van der Waals surface area contributed by atoms with E-state index in [1.807, 2.05) is 19.9 Å². The van der Waals surface area contributed by atoms with Crippen LogP contribution in [0.5, 0.6) is 0 Å². The first-order valence-electron chi connectivity index (χ1n) is 7.55. The Kier molecular flexibility index (Phi) is 6.78. The minimum atomic E-state index is -0.940. The molecule has 0 aliphatic rings. The molecule has 1 aromatic carbocycles. The van der Waals surface area contributed by atoms with Crippen LogP contribution in [-0.4, -0.2) is 33.7 Å². The maximum Gasteiger partial charge on any atom is 0.317 e. The number of ether oxygens (including phenoxy) is 1. The molecule has 0 saturated heterocycles. The van der Waals surface area contributed by atoms with Gasteiger partial charge in [-0.25, -0.2) is 9.97 Å². The minimum absolute atomic E-state index is 0.0204. The molecule has 8 heteroatoms. The van der Waals surface area contributed by atoms with Gasteiger partial charge in [0.05, 0.1) is 16.5 Å². The molecule has 132 valence electrons. The van der Waals surface area contributed by atoms with Crippen molar-refractivity contribution in [3.05, 3.63) is 46.7 Å². The highest BCUT2D eigenvalue weighted by molar-refractivity contribution is 7.99. The number of carbonyl (C=O) groups excluding carboxylic acids is 2. The van der Waals surface area contributed by atoms with Crippen molar-refractivity contribution >= 4 is 40.9 Å². The Labute approximate surface area is 155 Å². The summed E-state index contributed by atoms with van der Waals surface area (Å²) in [6.45, 7) is 5.22. The Morgan fingerprint density at radius 2 is 1.88 bits per heavy atom. The van der Waals surface area contributed by atoms with E-state index in [9.17, 15) is 9.59 Å². The lowest BCUT2D eigenvalue weighted by molar-refractivity contribution is -0.150. The summed E-state index contributed by atoms with van der Waals surface area (Å²) in [5.41, 5.74) is 2.13. The van der Waals surface area contributed by atoms with Crippen molar-refractivity contribution in [3.63, 3.8) is 0 Å². The van der Waals surface area contributed by atoms with Crippen LogP contribution in [0.4, 0.5) is 5.69 Å². The third-order valence-electron chi connectivity index (χ3n) is 3.09. The van der Waals surface area contributed by atoms with E-state index in [2.05, 4.69) is 15.3 Å². The van der Waals surface area contributed by atoms with E-state index in [1.165, 1.54) is 18.7 Å². The van der Waals surface area contributed by atoms with Crippen molar-refractivity contribution in [1.82, 2.24) is 9.97 Å². The number of thioether (sulfide) groups is 1. The van der Waals surface area contributed by atoms with E-state index in [-0.39, 0.29) is 5.75 Å². The summed E-state index contributed by atoms with van der Waals surface area (Å²) in [7, 11) is 0. The molecule has 2 aromatic rings. The van der Waals surface area contributed by atoms with Gasteiger partial charge in [-0.2, -0.15) is 0 Å². The summed E-state index contributed by atoms with van der Waals surface area (Å²) in [6, 6.07) is 8.69. The number of nitrogens with one attached hydrogen (secondary N) is 1. The van der Waals surface area contributed by atoms with E-state index in [1.54, 1.807) is 24.3 Å². The average molecular weight is 380 g/mol. The van der Waals surface area contributed by atoms with Crippen LogP contribution in [0.25, 0.3) is 0 Å². The fourth-order valence-corrected chi connectivity index (χ4v) is 2.88. The van der Waals surface area contributed by atoms with Crippen LogP contribution in [0.1, 0.15) is 18.3 Å². The number of rotatable bonds is 6. The highest BCUT2D eigenvalue weighted by atomic mass is 35.5. The molecule has 0 aliphatic heterocycles. The highest BCUT2D eigenvalue weighted by Gasteiger charge is 2.19. The zero-order valence-electron chi connectivity index (χ0n) is 14.1. The number of hydrogen-bond acceptors (Lipinski definition) is 6. The number of carbonyl (C=O) groups is 2. The molecular formula is C17H18ClN3O3S. The second-order valence-electron chi connectivity index (χ2n) is 5.32. The third kappa shape index (κ3) is 6.03. The maximum atomic E-state index is 12.1. The van der Waals surface area contributed by atoms with Gasteiger partial charge in [0, 0.05) is 11.4 Å². The van der Waals surface area contributed by atoms with E-state index >= 15 is 0 Å². The van der Waals surface area contributed by atoms with Gasteiger partial charge < -0.3 is 10.1 Å². The summed E-state index contributed by atoms with van der Waals surface area (Å²) in [4.78, 5) is 32.5. The van der Waals surface area contributed by atoms with Crippen LogP contribution in [0.2, 0.25) is 5.02 Å². The van der Waals surface area contributed by atoms with Crippen molar-refractivity contribution in [1.29, 1.82) is 0 Å². The second-order valence-corrected chi connectivity index (χ2v) is 6.67. The number of benzene rings is 1. The van der Waals surface area contributed by atoms with Gasteiger partial charge >= 0.3 is 5.97 Å². The number of anilines is 1. The molecule has 6 nitrogen and oxygen atoms in total. The molecule has 1 heterocycles. The maximum absolute atomic E-state index is 12.1. The molecule has 0 fully saturated rings. The van der Waals surface area contributed by atoms with Crippen LogP contribution in [0.15, 0.2) is 35.5 Å². The number of esters is 1. The normalized spacial score (nSPS) is 11.7. The van der Waals surface area contributed by atoms with Crippen molar-refractivity contribution < 1.29 is 14.3 Å². The number of aromatic nitrogens is 2. The topological polar surface area (TPSA) is 81.2 Å². The van der Waals surface area contributed by atoms with Crippen LogP contribution in [-0.2, 0) is 14.3 Å². The molecule has 2 rings (SSSR count). The number of nitrogens with zero attached hydrogens (tertiary/aromatic N) is 2. The predicted octanol–water partition coefficient (Wildman–Crippen LogP) is 3.41. The van der Waals surface area contributed by atoms with E-state index in [0.29, 0.717) is 15.9 Å². The highest BCUT2D eigenvalue weighted by Crippen LogP contribution is 2.21. The molecule has 1 amide bonds. The molecule has 1 N–H and O–H groups in total. The number of aryl methyl sites for hydroxylation is 2. The molecule has 0 aliphatic carbocycles. The first-order valence-corrected chi connectivity index (χ1v) is 8.91. The first kappa shape index (κ1) is 19.2. The number of amides is 1. The number of para-hydroxylation sites is 1. The SMILES string of the molecule is Cc1cc(C)nc(SCC(=O)O[C@@H](C)C(=O)Nc2ccccc2Cl)n1. The summed E-state index contributed by atoms with van der Waals surface area (Å²) >= 11 is 7.15. The van der Waals surface area contributed by atoms with Crippen molar-refractivity contribution in [2.45, 2.75) is 32.0 Å². The Balaban J connectivity index is 1.85. The zero-order valence-corrected chi connectivity index (χ0v) is 15.6. The second kappa shape index (κ2) is 8.82. The third-order valence-corrected chi connectivity index (χ3v) is 4.24. The Morgan fingerprint density at radius 3 is 2.52 bits per heavy atom.